The number of esters is 1. The number of ether oxygens (including phenoxy) is 1. The molecule has 1 unspecified atom stereocenters. The molecular weight excluding hydrogens is 194 g/mol. The van der Waals surface area contributed by atoms with Gasteiger partial charge in [0.2, 0.25) is 0 Å². The molecule has 0 saturated heterocycles. The number of rotatable bonds is 5. The Morgan fingerprint density at radius 3 is 2.73 bits per heavy atom. The molecule has 1 atom stereocenters. The van der Waals surface area contributed by atoms with Crippen molar-refractivity contribution in [3.63, 3.8) is 0 Å². The average molecular weight is 211 g/mol. The Morgan fingerprint density at radius 2 is 2.27 bits per heavy atom. The predicted molar refractivity (Wildman–Crippen MR) is 55.0 cm³/mol. The normalized spacial score (nSPS) is 12.8. The van der Waals surface area contributed by atoms with E-state index in [0.29, 0.717) is 12.5 Å². The van der Waals surface area contributed by atoms with E-state index in [2.05, 4.69) is 24.2 Å². The highest BCUT2D eigenvalue weighted by Gasteiger charge is 2.14. The van der Waals surface area contributed by atoms with Crippen LogP contribution in [0.2, 0.25) is 0 Å². The fraction of sp³-hybridized carbons (Fsp3) is 0.700. The number of carbonyl (C=O) groups is 1. The van der Waals surface area contributed by atoms with Crippen LogP contribution < -0.4 is 0 Å². The van der Waals surface area contributed by atoms with E-state index in [1.165, 1.54) is 6.92 Å². The van der Waals surface area contributed by atoms with E-state index in [4.69, 9.17) is 4.74 Å². The molecule has 0 aliphatic heterocycles. The predicted octanol–water partition coefficient (Wildman–Crippen LogP) is 1.26. The summed E-state index contributed by atoms with van der Waals surface area (Å²) in [6.07, 6.45) is 4.08. The summed E-state index contributed by atoms with van der Waals surface area (Å²) in [7, 11) is 0. The SMILES string of the molecule is CC(=O)OC(CC(C)C)Cn1ccnn1. The van der Waals surface area contributed by atoms with Gasteiger partial charge in [0.25, 0.3) is 0 Å². The van der Waals surface area contributed by atoms with Gasteiger partial charge >= 0.3 is 5.97 Å². The van der Waals surface area contributed by atoms with E-state index in [1.54, 1.807) is 17.1 Å². The van der Waals surface area contributed by atoms with Crippen LogP contribution >= 0.6 is 0 Å². The molecule has 0 bridgehead atoms. The van der Waals surface area contributed by atoms with Gasteiger partial charge in [0.05, 0.1) is 12.7 Å². The monoisotopic (exact) mass is 211 g/mol. The minimum absolute atomic E-state index is 0.121. The maximum atomic E-state index is 10.9. The van der Waals surface area contributed by atoms with Crippen molar-refractivity contribution in [2.75, 3.05) is 0 Å². The number of hydrogen-bond acceptors (Lipinski definition) is 4. The lowest BCUT2D eigenvalue weighted by Crippen LogP contribution is -2.24. The summed E-state index contributed by atoms with van der Waals surface area (Å²) >= 11 is 0. The molecule has 0 aliphatic rings. The largest absolute Gasteiger partial charge is 0.461 e. The third-order valence-corrected chi connectivity index (χ3v) is 1.93. The van der Waals surface area contributed by atoms with Crippen molar-refractivity contribution in [2.45, 2.75) is 39.8 Å². The topological polar surface area (TPSA) is 57.0 Å². The van der Waals surface area contributed by atoms with Crippen molar-refractivity contribution in [2.24, 2.45) is 5.92 Å². The number of aromatic nitrogens is 3. The zero-order chi connectivity index (χ0) is 11.3. The van der Waals surface area contributed by atoms with Gasteiger partial charge in [-0.2, -0.15) is 0 Å². The van der Waals surface area contributed by atoms with Crippen LogP contribution in [0.4, 0.5) is 0 Å². The van der Waals surface area contributed by atoms with Crippen LogP contribution in [0.15, 0.2) is 12.4 Å². The van der Waals surface area contributed by atoms with Gasteiger partial charge in [0.15, 0.2) is 0 Å². The highest BCUT2D eigenvalue weighted by molar-refractivity contribution is 5.66. The third-order valence-electron chi connectivity index (χ3n) is 1.93. The second kappa shape index (κ2) is 5.48. The smallest absolute Gasteiger partial charge is 0.302 e. The Labute approximate surface area is 89.4 Å². The Hall–Kier alpha value is -1.39. The Balaban J connectivity index is 2.52. The fourth-order valence-corrected chi connectivity index (χ4v) is 1.46. The van der Waals surface area contributed by atoms with Gasteiger partial charge in [0, 0.05) is 13.1 Å². The van der Waals surface area contributed by atoms with E-state index < -0.39 is 0 Å². The van der Waals surface area contributed by atoms with Crippen LogP contribution in [-0.4, -0.2) is 27.1 Å². The first-order chi connectivity index (χ1) is 7.08. The summed E-state index contributed by atoms with van der Waals surface area (Å²) in [5.74, 6) is 0.235. The summed E-state index contributed by atoms with van der Waals surface area (Å²) in [4.78, 5) is 10.9. The molecule has 1 aromatic rings. The molecule has 84 valence electrons. The lowest BCUT2D eigenvalue weighted by atomic mass is 10.1. The van der Waals surface area contributed by atoms with Gasteiger partial charge in [-0.05, 0) is 12.3 Å². The quantitative estimate of drug-likeness (QED) is 0.688. The molecule has 0 spiro atoms. The van der Waals surface area contributed by atoms with E-state index in [1.807, 2.05) is 0 Å². The lowest BCUT2D eigenvalue weighted by Gasteiger charge is -2.18. The van der Waals surface area contributed by atoms with Gasteiger partial charge in [-0.25, -0.2) is 4.68 Å². The maximum Gasteiger partial charge on any atom is 0.302 e. The van der Waals surface area contributed by atoms with Crippen LogP contribution in [0, 0.1) is 5.92 Å². The third kappa shape index (κ3) is 4.58. The van der Waals surface area contributed by atoms with E-state index >= 15 is 0 Å². The maximum absolute atomic E-state index is 10.9. The second-order valence-corrected chi connectivity index (χ2v) is 3.99. The first-order valence-electron chi connectivity index (χ1n) is 5.09. The molecule has 0 aromatic carbocycles. The highest BCUT2D eigenvalue weighted by atomic mass is 16.5. The van der Waals surface area contributed by atoms with Crippen LogP contribution in [0.25, 0.3) is 0 Å². The van der Waals surface area contributed by atoms with E-state index in [9.17, 15) is 4.79 Å². The molecule has 5 nitrogen and oxygen atoms in total. The van der Waals surface area contributed by atoms with Crippen LogP contribution in [0.1, 0.15) is 27.2 Å². The van der Waals surface area contributed by atoms with Crippen molar-refractivity contribution in [3.8, 4) is 0 Å². The summed E-state index contributed by atoms with van der Waals surface area (Å²) in [5, 5.41) is 7.55. The Kier molecular flexibility index (Phi) is 4.27. The molecule has 1 heterocycles. The van der Waals surface area contributed by atoms with Crippen molar-refractivity contribution < 1.29 is 9.53 Å². The number of nitrogens with zero attached hydrogens (tertiary/aromatic N) is 3. The Morgan fingerprint density at radius 1 is 1.53 bits per heavy atom. The number of hydrogen-bond donors (Lipinski definition) is 0. The molecule has 0 saturated carbocycles. The Bertz CT molecular complexity index is 296. The number of carbonyl (C=O) groups excluding carboxylic acids is 1. The zero-order valence-corrected chi connectivity index (χ0v) is 9.38. The van der Waals surface area contributed by atoms with Crippen LogP contribution in [-0.2, 0) is 16.1 Å². The van der Waals surface area contributed by atoms with E-state index in [0.717, 1.165) is 6.42 Å². The van der Waals surface area contributed by atoms with Crippen molar-refractivity contribution in [3.05, 3.63) is 12.4 Å². The minimum Gasteiger partial charge on any atom is -0.461 e. The first-order valence-corrected chi connectivity index (χ1v) is 5.09. The molecule has 0 aliphatic carbocycles. The standard InChI is InChI=1S/C10H17N3O2/c1-8(2)6-10(15-9(3)14)7-13-5-4-11-12-13/h4-5,8,10H,6-7H2,1-3H3. The molecule has 0 radical (unpaired) electrons. The highest BCUT2D eigenvalue weighted by Crippen LogP contribution is 2.10. The molecule has 1 aromatic heterocycles. The van der Waals surface area contributed by atoms with Gasteiger partial charge in [0.1, 0.15) is 6.10 Å². The van der Waals surface area contributed by atoms with Crippen molar-refractivity contribution >= 4 is 5.97 Å². The van der Waals surface area contributed by atoms with Gasteiger partial charge in [-0.3, -0.25) is 4.79 Å². The zero-order valence-electron chi connectivity index (χ0n) is 9.38. The molecular formula is C10H17N3O2. The molecule has 0 amide bonds. The molecule has 0 N–H and O–H groups in total. The summed E-state index contributed by atoms with van der Waals surface area (Å²) in [6, 6.07) is 0. The summed E-state index contributed by atoms with van der Waals surface area (Å²) in [6.45, 7) is 6.18. The summed E-state index contributed by atoms with van der Waals surface area (Å²) < 4.78 is 6.88. The minimum atomic E-state index is -0.249. The molecule has 0 fully saturated rings. The van der Waals surface area contributed by atoms with Gasteiger partial charge in [-0.15, -0.1) is 5.10 Å². The van der Waals surface area contributed by atoms with Crippen LogP contribution in [0.5, 0.6) is 0 Å². The molecule has 15 heavy (non-hydrogen) atoms. The molecule has 1 rings (SSSR count). The lowest BCUT2D eigenvalue weighted by molar-refractivity contribution is -0.147. The van der Waals surface area contributed by atoms with Gasteiger partial charge in [-0.1, -0.05) is 19.1 Å². The average Bonchev–Trinajstić information content (AvgIpc) is 2.53. The molecule has 5 heteroatoms. The van der Waals surface area contributed by atoms with Crippen molar-refractivity contribution in [1.29, 1.82) is 0 Å². The summed E-state index contributed by atoms with van der Waals surface area (Å²) in [5.41, 5.74) is 0. The second-order valence-electron chi connectivity index (χ2n) is 3.99. The first kappa shape index (κ1) is 11.7. The van der Waals surface area contributed by atoms with Crippen molar-refractivity contribution in [1.82, 2.24) is 15.0 Å². The van der Waals surface area contributed by atoms with Crippen LogP contribution in [0.3, 0.4) is 0 Å². The fourth-order valence-electron chi connectivity index (χ4n) is 1.46. The van der Waals surface area contributed by atoms with Gasteiger partial charge < -0.3 is 4.74 Å². The van der Waals surface area contributed by atoms with E-state index in [-0.39, 0.29) is 12.1 Å².